The summed E-state index contributed by atoms with van der Waals surface area (Å²) >= 11 is 0. The second-order valence-corrected chi connectivity index (χ2v) is 9.51. The molecule has 8 nitrogen and oxygen atoms in total. The minimum atomic E-state index is -4.77. The largest absolute Gasteiger partial charge is 0.404 e. The van der Waals surface area contributed by atoms with Crippen molar-refractivity contribution < 1.29 is 26.0 Å². The average Bonchev–Trinajstić information content (AvgIpc) is 3.16. The molecule has 3 heterocycles. The highest BCUT2D eigenvalue weighted by atomic mass is 32.2. The van der Waals surface area contributed by atoms with Crippen molar-refractivity contribution >= 4 is 20.9 Å². The minimum Gasteiger partial charge on any atom is -0.275 e. The van der Waals surface area contributed by atoms with Crippen LogP contribution in [0, 0.1) is 17.1 Å². The van der Waals surface area contributed by atoms with Crippen molar-refractivity contribution in [1.29, 1.82) is 5.26 Å². The van der Waals surface area contributed by atoms with Crippen LogP contribution in [0.25, 0.3) is 28.2 Å². The van der Waals surface area contributed by atoms with Gasteiger partial charge in [-0.25, -0.2) is 22.8 Å². The van der Waals surface area contributed by atoms with Crippen molar-refractivity contribution in [2.24, 2.45) is 0 Å². The molecule has 1 atom stereocenters. The summed E-state index contributed by atoms with van der Waals surface area (Å²) in [6.45, 7) is 2.46. The van der Waals surface area contributed by atoms with Crippen LogP contribution < -0.4 is 4.72 Å². The molecule has 0 fully saturated rings. The Labute approximate surface area is 203 Å². The van der Waals surface area contributed by atoms with Gasteiger partial charge in [0.25, 0.3) is 0 Å². The number of sulfonamides is 1. The maximum Gasteiger partial charge on any atom is 0.404 e. The lowest BCUT2D eigenvalue weighted by molar-refractivity contribution is -0.147. The van der Waals surface area contributed by atoms with Crippen LogP contribution in [-0.2, 0) is 16.4 Å². The normalized spacial score (nSPS) is 13.0. The summed E-state index contributed by atoms with van der Waals surface area (Å²) in [6, 6.07) is 6.44. The van der Waals surface area contributed by atoms with Gasteiger partial charge in [0, 0.05) is 24.0 Å². The summed E-state index contributed by atoms with van der Waals surface area (Å²) in [5.41, 5.74) is 1.16. The molecule has 1 aromatic carbocycles. The van der Waals surface area contributed by atoms with E-state index in [0.29, 0.717) is 24.4 Å². The average molecular weight is 518 g/mol. The first-order valence-corrected chi connectivity index (χ1v) is 12.1. The number of pyridine rings is 1. The highest BCUT2D eigenvalue weighted by molar-refractivity contribution is 7.89. The Balaban J connectivity index is 1.91. The zero-order valence-electron chi connectivity index (χ0n) is 18.9. The standard InChI is InChI=1S/C23H18F4N6O2S/c1-3-14-9-20-16(10-18(14)24)17(11-28)21(33(20)22-29-7-4-8-30-22)19-6-5-15(12-31-19)36(34,35)32-13(2)23(25,26)27/h4-10,12-13,32H,3H2,1-2H3/t13-/m0/s1. The Morgan fingerprint density at radius 1 is 1.17 bits per heavy atom. The molecule has 36 heavy (non-hydrogen) atoms. The molecule has 0 radical (unpaired) electrons. The fourth-order valence-corrected chi connectivity index (χ4v) is 4.81. The van der Waals surface area contributed by atoms with Crippen LogP contribution in [0.2, 0.25) is 0 Å². The van der Waals surface area contributed by atoms with Gasteiger partial charge in [0.2, 0.25) is 16.0 Å². The molecule has 186 valence electrons. The maximum atomic E-state index is 14.6. The summed E-state index contributed by atoms with van der Waals surface area (Å²) in [5.74, 6) is -0.342. The van der Waals surface area contributed by atoms with Crippen LogP contribution in [0.4, 0.5) is 17.6 Å². The van der Waals surface area contributed by atoms with E-state index in [1.807, 2.05) is 6.07 Å². The van der Waals surface area contributed by atoms with Crippen LogP contribution in [0.5, 0.6) is 0 Å². The molecule has 3 aromatic heterocycles. The quantitative estimate of drug-likeness (QED) is 0.381. The third kappa shape index (κ3) is 4.52. The number of benzene rings is 1. The van der Waals surface area contributed by atoms with Crippen LogP contribution in [0.15, 0.2) is 53.8 Å². The lowest BCUT2D eigenvalue weighted by Gasteiger charge is -2.17. The lowest BCUT2D eigenvalue weighted by atomic mass is 10.1. The van der Waals surface area contributed by atoms with E-state index in [0.717, 1.165) is 12.3 Å². The number of nitriles is 1. The molecular weight excluding hydrogens is 500 g/mol. The van der Waals surface area contributed by atoms with Crippen molar-refractivity contribution in [2.45, 2.75) is 37.4 Å². The topological polar surface area (TPSA) is 114 Å². The van der Waals surface area contributed by atoms with Crippen molar-refractivity contribution in [3.8, 4) is 23.4 Å². The van der Waals surface area contributed by atoms with Gasteiger partial charge in [0.15, 0.2) is 0 Å². The van der Waals surface area contributed by atoms with E-state index in [2.05, 4.69) is 15.0 Å². The van der Waals surface area contributed by atoms with Crippen molar-refractivity contribution in [3.63, 3.8) is 0 Å². The number of aryl methyl sites for hydroxylation is 1. The summed E-state index contributed by atoms with van der Waals surface area (Å²) in [4.78, 5) is 12.1. The number of halogens is 4. The predicted molar refractivity (Wildman–Crippen MR) is 122 cm³/mol. The Morgan fingerprint density at radius 2 is 1.86 bits per heavy atom. The molecule has 0 unspecified atom stereocenters. The molecule has 0 spiro atoms. The third-order valence-electron chi connectivity index (χ3n) is 5.49. The number of rotatable bonds is 6. The second kappa shape index (κ2) is 9.29. The van der Waals surface area contributed by atoms with Gasteiger partial charge in [0.1, 0.15) is 22.8 Å². The fourth-order valence-electron chi connectivity index (χ4n) is 3.64. The molecule has 4 rings (SSSR count). The molecule has 0 saturated heterocycles. The monoisotopic (exact) mass is 518 g/mol. The number of alkyl halides is 3. The van der Waals surface area contributed by atoms with E-state index < -0.39 is 33.0 Å². The number of hydrogen-bond acceptors (Lipinski definition) is 6. The van der Waals surface area contributed by atoms with E-state index in [1.54, 1.807) is 23.8 Å². The molecule has 13 heteroatoms. The van der Waals surface area contributed by atoms with E-state index in [-0.39, 0.29) is 28.3 Å². The molecule has 0 aliphatic carbocycles. The Bertz CT molecular complexity index is 1580. The van der Waals surface area contributed by atoms with Crippen molar-refractivity contribution in [1.82, 2.24) is 24.2 Å². The van der Waals surface area contributed by atoms with Gasteiger partial charge in [-0.05, 0) is 49.2 Å². The van der Waals surface area contributed by atoms with Gasteiger partial charge in [-0.15, -0.1) is 0 Å². The number of nitrogens with zero attached hydrogens (tertiary/aromatic N) is 5. The highest BCUT2D eigenvalue weighted by Crippen LogP contribution is 2.36. The smallest absolute Gasteiger partial charge is 0.275 e. The number of aromatic nitrogens is 4. The summed E-state index contributed by atoms with van der Waals surface area (Å²) < 4.78 is 81.1. The van der Waals surface area contributed by atoms with Gasteiger partial charge in [-0.3, -0.25) is 9.55 Å². The van der Waals surface area contributed by atoms with Gasteiger partial charge < -0.3 is 0 Å². The number of hydrogen-bond donors (Lipinski definition) is 1. The zero-order chi connectivity index (χ0) is 26.3. The fraction of sp³-hybridized carbons (Fsp3) is 0.217. The first kappa shape index (κ1) is 25.2. The van der Waals surface area contributed by atoms with Gasteiger partial charge >= 0.3 is 6.18 Å². The van der Waals surface area contributed by atoms with Gasteiger partial charge in [-0.2, -0.15) is 23.2 Å². The number of nitrogens with one attached hydrogen (secondary N) is 1. The van der Waals surface area contributed by atoms with Crippen molar-refractivity contribution in [2.75, 3.05) is 0 Å². The Kier molecular flexibility index (Phi) is 6.50. The van der Waals surface area contributed by atoms with E-state index in [1.165, 1.54) is 29.1 Å². The van der Waals surface area contributed by atoms with Gasteiger partial charge in [0.05, 0.1) is 22.5 Å². The lowest BCUT2D eigenvalue weighted by Crippen LogP contribution is -2.42. The van der Waals surface area contributed by atoms with Crippen LogP contribution in [-0.4, -0.2) is 40.2 Å². The van der Waals surface area contributed by atoms with E-state index in [9.17, 15) is 31.2 Å². The maximum absolute atomic E-state index is 14.6. The molecule has 0 saturated carbocycles. The zero-order valence-corrected chi connectivity index (χ0v) is 19.7. The molecule has 4 aromatic rings. The van der Waals surface area contributed by atoms with E-state index in [4.69, 9.17) is 0 Å². The SMILES string of the molecule is CCc1cc2c(cc1F)c(C#N)c(-c1ccc(S(=O)(=O)N[C@@H](C)C(F)(F)F)cn1)n2-c1ncccn1. The van der Waals surface area contributed by atoms with Crippen LogP contribution >= 0.6 is 0 Å². The molecule has 0 bridgehead atoms. The summed E-state index contributed by atoms with van der Waals surface area (Å²) in [5, 5.41) is 10.2. The van der Waals surface area contributed by atoms with Crippen molar-refractivity contribution in [3.05, 3.63) is 65.9 Å². The van der Waals surface area contributed by atoms with Crippen LogP contribution in [0.3, 0.4) is 0 Å². The van der Waals surface area contributed by atoms with Gasteiger partial charge in [-0.1, -0.05) is 6.92 Å². The Morgan fingerprint density at radius 3 is 2.42 bits per heavy atom. The molecule has 1 N–H and O–H groups in total. The highest BCUT2D eigenvalue weighted by Gasteiger charge is 2.39. The predicted octanol–water partition coefficient (Wildman–Crippen LogP) is 4.28. The summed E-state index contributed by atoms with van der Waals surface area (Å²) in [6.07, 6.45) is -0.553. The minimum absolute atomic E-state index is 0.0472. The first-order chi connectivity index (χ1) is 17.0. The number of fused-ring (bicyclic) bond motifs is 1. The van der Waals surface area contributed by atoms with Crippen LogP contribution in [0.1, 0.15) is 25.0 Å². The Hall–Kier alpha value is -3.89. The third-order valence-corrected chi connectivity index (χ3v) is 7.02. The molecule has 0 amide bonds. The second-order valence-electron chi connectivity index (χ2n) is 7.80. The first-order valence-electron chi connectivity index (χ1n) is 10.6. The summed E-state index contributed by atoms with van der Waals surface area (Å²) in [7, 11) is -4.54. The molecular formula is C23H18F4N6O2S. The van der Waals surface area contributed by atoms with E-state index >= 15 is 0 Å². The molecule has 0 aliphatic rings. The molecule has 0 aliphatic heterocycles.